The topological polar surface area (TPSA) is 84.2 Å². The van der Waals surface area contributed by atoms with E-state index in [-0.39, 0.29) is 18.5 Å². The van der Waals surface area contributed by atoms with Crippen molar-refractivity contribution in [2.75, 3.05) is 11.9 Å². The maximum atomic E-state index is 12.1. The highest BCUT2D eigenvalue weighted by Crippen LogP contribution is 2.16. The second-order valence-electron chi connectivity index (χ2n) is 5.93. The Balaban J connectivity index is 1.88. The van der Waals surface area contributed by atoms with Gasteiger partial charge in [-0.2, -0.15) is 0 Å². The van der Waals surface area contributed by atoms with Crippen molar-refractivity contribution in [3.05, 3.63) is 64.7 Å². The summed E-state index contributed by atoms with van der Waals surface area (Å²) in [6.07, 6.45) is 0. The van der Waals surface area contributed by atoms with E-state index in [0.717, 1.165) is 11.3 Å². The number of nitrogens with one attached hydrogen (secondary N) is 2. The number of hydrogen-bond acceptors (Lipinski definition) is 3. The Morgan fingerprint density at radius 1 is 1.04 bits per heavy atom. The van der Waals surface area contributed by atoms with Gasteiger partial charge in [0.05, 0.1) is 12.6 Å². The smallest absolute Gasteiger partial charge is 0.248 e. The Morgan fingerprint density at radius 2 is 1.71 bits per heavy atom. The quantitative estimate of drug-likeness (QED) is 0.763. The van der Waals surface area contributed by atoms with E-state index in [4.69, 9.17) is 5.73 Å². The number of rotatable bonds is 6. The number of benzene rings is 2. The van der Waals surface area contributed by atoms with Crippen LogP contribution in [0.1, 0.15) is 40.0 Å². The molecule has 0 aliphatic carbocycles. The number of primary amides is 1. The van der Waals surface area contributed by atoms with Gasteiger partial charge in [-0.1, -0.05) is 18.2 Å². The average molecular weight is 325 g/mol. The molecule has 0 spiro atoms. The highest BCUT2D eigenvalue weighted by Gasteiger charge is 2.10. The fraction of sp³-hybridized carbons (Fsp3) is 0.263. The summed E-state index contributed by atoms with van der Waals surface area (Å²) in [4.78, 5) is 23.1. The molecule has 24 heavy (non-hydrogen) atoms. The van der Waals surface area contributed by atoms with Crippen molar-refractivity contribution in [3.63, 3.8) is 0 Å². The molecule has 0 saturated heterocycles. The van der Waals surface area contributed by atoms with Gasteiger partial charge in [0.15, 0.2) is 0 Å². The van der Waals surface area contributed by atoms with Crippen LogP contribution in [0.2, 0.25) is 0 Å². The first-order valence-corrected chi connectivity index (χ1v) is 7.87. The van der Waals surface area contributed by atoms with E-state index in [1.807, 2.05) is 13.0 Å². The first-order chi connectivity index (χ1) is 11.4. The Bertz CT molecular complexity index is 739. The zero-order valence-corrected chi connectivity index (χ0v) is 14.2. The van der Waals surface area contributed by atoms with Gasteiger partial charge in [0.2, 0.25) is 11.8 Å². The van der Waals surface area contributed by atoms with Crippen molar-refractivity contribution in [2.24, 2.45) is 5.73 Å². The summed E-state index contributed by atoms with van der Waals surface area (Å²) in [6.45, 7) is 6.25. The number of amides is 2. The lowest BCUT2D eigenvalue weighted by Crippen LogP contribution is -2.32. The summed E-state index contributed by atoms with van der Waals surface area (Å²) in [5.74, 6) is -0.568. The van der Waals surface area contributed by atoms with Crippen LogP contribution in [0, 0.1) is 13.8 Å². The van der Waals surface area contributed by atoms with Crippen LogP contribution in [0.4, 0.5) is 5.69 Å². The number of anilines is 1. The summed E-state index contributed by atoms with van der Waals surface area (Å²) in [7, 11) is 0. The minimum absolute atomic E-state index is 0.0594. The molecule has 0 aliphatic rings. The summed E-state index contributed by atoms with van der Waals surface area (Å²) in [5.41, 5.74) is 9.91. The first-order valence-electron chi connectivity index (χ1n) is 7.87. The summed E-state index contributed by atoms with van der Waals surface area (Å²) in [6, 6.07) is 12.8. The third-order valence-corrected chi connectivity index (χ3v) is 4.03. The van der Waals surface area contributed by atoms with Crippen LogP contribution < -0.4 is 16.4 Å². The molecule has 2 rings (SSSR count). The molecule has 0 radical (unpaired) electrons. The molecule has 0 aromatic heterocycles. The number of hydrogen-bond donors (Lipinski definition) is 3. The second kappa shape index (κ2) is 7.64. The third kappa shape index (κ3) is 4.59. The Labute approximate surface area is 142 Å². The first kappa shape index (κ1) is 17.5. The van der Waals surface area contributed by atoms with E-state index in [2.05, 4.69) is 36.6 Å². The van der Waals surface area contributed by atoms with E-state index < -0.39 is 5.91 Å². The van der Waals surface area contributed by atoms with E-state index in [0.29, 0.717) is 5.56 Å². The molecular weight excluding hydrogens is 302 g/mol. The fourth-order valence-electron chi connectivity index (χ4n) is 2.34. The number of carbonyl (C=O) groups is 2. The van der Waals surface area contributed by atoms with Crippen molar-refractivity contribution in [1.29, 1.82) is 0 Å². The van der Waals surface area contributed by atoms with Gasteiger partial charge in [0.25, 0.3) is 0 Å². The molecule has 126 valence electrons. The fourth-order valence-corrected chi connectivity index (χ4v) is 2.34. The van der Waals surface area contributed by atoms with Gasteiger partial charge in [-0.3, -0.25) is 9.59 Å². The van der Waals surface area contributed by atoms with Gasteiger partial charge in [-0.15, -0.1) is 0 Å². The summed E-state index contributed by atoms with van der Waals surface area (Å²) in [5, 5.41) is 5.99. The molecule has 0 fully saturated rings. The van der Waals surface area contributed by atoms with Crippen LogP contribution in [0.15, 0.2) is 42.5 Å². The predicted octanol–water partition coefficient (Wildman–Crippen LogP) is 2.69. The molecule has 0 heterocycles. The second-order valence-corrected chi connectivity index (χ2v) is 5.93. The number of nitrogens with two attached hydrogens (primary N) is 1. The van der Waals surface area contributed by atoms with E-state index in [9.17, 15) is 9.59 Å². The molecule has 2 aromatic carbocycles. The Morgan fingerprint density at radius 3 is 2.29 bits per heavy atom. The van der Waals surface area contributed by atoms with Crippen molar-refractivity contribution in [2.45, 2.75) is 26.8 Å². The van der Waals surface area contributed by atoms with Crippen LogP contribution in [-0.4, -0.2) is 18.4 Å². The van der Waals surface area contributed by atoms with Gasteiger partial charge >= 0.3 is 0 Å². The van der Waals surface area contributed by atoms with Crippen molar-refractivity contribution in [3.8, 4) is 0 Å². The molecule has 1 unspecified atom stereocenters. The minimum atomic E-state index is -0.471. The lowest BCUT2D eigenvalue weighted by Gasteiger charge is -2.16. The highest BCUT2D eigenvalue weighted by atomic mass is 16.2. The van der Waals surface area contributed by atoms with Crippen LogP contribution in [-0.2, 0) is 4.79 Å². The van der Waals surface area contributed by atoms with E-state index in [1.165, 1.54) is 11.1 Å². The third-order valence-electron chi connectivity index (χ3n) is 4.03. The summed E-state index contributed by atoms with van der Waals surface area (Å²) < 4.78 is 0. The summed E-state index contributed by atoms with van der Waals surface area (Å²) >= 11 is 0. The molecule has 2 aromatic rings. The van der Waals surface area contributed by atoms with Crippen molar-refractivity contribution in [1.82, 2.24) is 5.32 Å². The van der Waals surface area contributed by atoms with Crippen LogP contribution in [0.3, 0.4) is 0 Å². The van der Waals surface area contributed by atoms with Crippen LogP contribution in [0.5, 0.6) is 0 Å². The lowest BCUT2D eigenvalue weighted by atomic mass is 10.0. The Hall–Kier alpha value is -2.82. The standard InChI is InChI=1S/C19H23N3O2/c1-12-4-5-16(10-13(12)2)14(3)22-18(23)11-21-17-8-6-15(7-9-17)19(20)24/h4-10,14,21H,11H2,1-3H3,(H2,20,24)(H,22,23). The zero-order chi connectivity index (χ0) is 17.7. The van der Waals surface area contributed by atoms with Gasteiger partial charge < -0.3 is 16.4 Å². The molecule has 0 aliphatic heterocycles. The highest BCUT2D eigenvalue weighted by molar-refractivity contribution is 5.93. The van der Waals surface area contributed by atoms with Gasteiger partial charge in [0, 0.05) is 11.3 Å². The van der Waals surface area contributed by atoms with Crippen molar-refractivity contribution < 1.29 is 9.59 Å². The molecule has 4 N–H and O–H groups in total. The predicted molar refractivity (Wildman–Crippen MR) is 95.9 cm³/mol. The van der Waals surface area contributed by atoms with E-state index in [1.54, 1.807) is 24.3 Å². The lowest BCUT2D eigenvalue weighted by molar-refractivity contribution is -0.120. The number of carbonyl (C=O) groups excluding carboxylic acids is 2. The molecule has 0 bridgehead atoms. The molecule has 2 amide bonds. The monoisotopic (exact) mass is 325 g/mol. The zero-order valence-electron chi connectivity index (χ0n) is 14.2. The molecule has 1 atom stereocenters. The largest absolute Gasteiger partial charge is 0.376 e. The van der Waals surface area contributed by atoms with Crippen LogP contribution >= 0.6 is 0 Å². The van der Waals surface area contributed by atoms with E-state index >= 15 is 0 Å². The normalized spacial score (nSPS) is 11.6. The maximum Gasteiger partial charge on any atom is 0.248 e. The molecule has 0 saturated carbocycles. The minimum Gasteiger partial charge on any atom is -0.376 e. The Kier molecular flexibility index (Phi) is 5.58. The number of aryl methyl sites for hydroxylation is 2. The van der Waals surface area contributed by atoms with Crippen molar-refractivity contribution >= 4 is 17.5 Å². The SMILES string of the molecule is Cc1ccc(C(C)NC(=O)CNc2ccc(C(N)=O)cc2)cc1C. The van der Waals surface area contributed by atoms with Gasteiger partial charge in [-0.25, -0.2) is 0 Å². The average Bonchev–Trinajstić information content (AvgIpc) is 2.55. The molecule has 5 heteroatoms. The maximum absolute atomic E-state index is 12.1. The molecule has 5 nitrogen and oxygen atoms in total. The van der Waals surface area contributed by atoms with Crippen LogP contribution in [0.25, 0.3) is 0 Å². The van der Waals surface area contributed by atoms with Gasteiger partial charge in [0.1, 0.15) is 0 Å². The molecular formula is C19H23N3O2. The van der Waals surface area contributed by atoms with Gasteiger partial charge in [-0.05, 0) is 61.7 Å².